The normalized spacial score (nSPS) is 20.2. The molecular weight excluding hydrogens is 535 g/mol. The van der Waals surface area contributed by atoms with Crippen LogP contribution in [-0.2, 0) is 11.2 Å². The lowest BCUT2D eigenvalue weighted by atomic mass is 9.94. The van der Waals surface area contributed by atoms with Crippen molar-refractivity contribution in [3.63, 3.8) is 0 Å². The van der Waals surface area contributed by atoms with Crippen molar-refractivity contribution in [3.05, 3.63) is 47.7 Å². The third-order valence-electron chi connectivity index (χ3n) is 7.97. The van der Waals surface area contributed by atoms with E-state index in [-0.39, 0.29) is 41.2 Å². The highest BCUT2D eigenvalue weighted by Crippen LogP contribution is 2.39. The van der Waals surface area contributed by atoms with Gasteiger partial charge in [0, 0.05) is 44.0 Å². The molecule has 2 fully saturated rings. The maximum absolute atomic E-state index is 16.5. The van der Waals surface area contributed by atoms with Crippen molar-refractivity contribution in [2.24, 2.45) is 0 Å². The number of pyridine rings is 1. The van der Waals surface area contributed by atoms with Crippen LogP contribution in [-0.4, -0.2) is 83.7 Å². The molecule has 4 aromatic rings. The monoisotopic (exact) mass is 567 g/mol. The molecule has 216 valence electrons. The molecule has 0 amide bonds. The van der Waals surface area contributed by atoms with Crippen LogP contribution in [0.5, 0.6) is 11.8 Å². The summed E-state index contributed by atoms with van der Waals surface area (Å²) in [4.78, 5) is 17.5. The summed E-state index contributed by atoms with van der Waals surface area (Å²) in [7, 11) is 1.84. The van der Waals surface area contributed by atoms with E-state index in [4.69, 9.17) is 9.47 Å². The first-order chi connectivity index (χ1) is 19.8. The lowest BCUT2D eigenvalue weighted by molar-refractivity contribution is 0.152. The molecule has 1 N–H and O–H groups in total. The number of alkyl halides is 1. The molecule has 2 aliphatic rings. The van der Waals surface area contributed by atoms with Crippen molar-refractivity contribution >= 4 is 27.5 Å². The predicted octanol–water partition coefficient (Wildman–Crippen LogP) is 5.04. The van der Waals surface area contributed by atoms with Crippen LogP contribution in [0.15, 0.2) is 30.5 Å². The Bertz CT molecular complexity index is 1600. The van der Waals surface area contributed by atoms with Gasteiger partial charge in [0.2, 0.25) is 0 Å². The molecule has 11 heteroatoms. The third kappa shape index (κ3) is 5.24. The van der Waals surface area contributed by atoms with Gasteiger partial charge in [-0.1, -0.05) is 13.0 Å². The second kappa shape index (κ2) is 11.3. The summed E-state index contributed by atoms with van der Waals surface area (Å²) >= 11 is 0. The Hall–Kier alpha value is -3.70. The molecule has 0 bridgehead atoms. The summed E-state index contributed by atoms with van der Waals surface area (Å²) in [5.41, 5.74) is 0.601. The number of aromatic hydroxyl groups is 1. The second-order valence-electron chi connectivity index (χ2n) is 10.7. The van der Waals surface area contributed by atoms with Gasteiger partial charge >= 0.3 is 6.01 Å². The minimum Gasteiger partial charge on any atom is -0.508 e. The van der Waals surface area contributed by atoms with Crippen molar-refractivity contribution in [3.8, 4) is 23.0 Å². The van der Waals surface area contributed by atoms with Crippen LogP contribution in [0.3, 0.4) is 0 Å². The number of rotatable bonds is 6. The molecule has 2 atom stereocenters. The molecule has 0 aliphatic carbocycles. The molecule has 0 saturated carbocycles. The number of anilines is 1. The minimum atomic E-state index is -0.931. The largest absolute Gasteiger partial charge is 0.508 e. The average molecular weight is 568 g/mol. The average Bonchev–Trinajstić information content (AvgIpc) is 3.12. The highest BCUT2D eigenvalue weighted by Gasteiger charge is 2.30. The van der Waals surface area contributed by atoms with Gasteiger partial charge in [-0.2, -0.15) is 9.97 Å². The Morgan fingerprint density at radius 3 is 2.78 bits per heavy atom. The molecule has 0 spiro atoms. The van der Waals surface area contributed by atoms with Gasteiger partial charge in [0.05, 0.1) is 12.0 Å². The molecule has 0 unspecified atom stereocenters. The van der Waals surface area contributed by atoms with Gasteiger partial charge in [-0.3, -0.25) is 9.88 Å². The van der Waals surface area contributed by atoms with E-state index in [1.54, 1.807) is 6.07 Å². The highest BCUT2D eigenvalue weighted by molar-refractivity contribution is 6.01. The van der Waals surface area contributed by atoms with Crippen molar-refractivity contribution in [2.75, 3.05) is 51.4 Å². The predicted molar refractivity (Wildman–Crippen MR) is 150 cm³/mol. The van der Waals surface area contributed by atoms with E-state index in [1.807, 2.05) is 23.8 Å². The first-order valence-electron chi connectivity index (χ1n) is 13.9. The number of phenols is 1. The summed E-state index contributed by atoms with van der Waals surface area (Å²) in [6.07, 6.45) is 2.05. The molecular formula is C30H32F3N5O3. The second-order valence-corrected chi connectivity index (χ2v) is 10.7. The topological polar surface area (TPSA) is 83.8 Å². The Morgan fingerprint density at radius 2 is 2.00 bits per heavy atom. The van der Waals surface area contributed by atoms with E-state index < -0.39 is 17.8 Å². The summed E-state index contributed by atoms with van der Waals surface area (Å²) in [5.74, 6) is -0.768. The van der Waals surface area contributed by atoms with E-state index in [1.165, 1.54) is 24.4 Å². The quantitative estimate of drug-likeness (QED) is 0.347. The fourth-order valence-electron chi connectivity index (χ4n) is 5.88. The lowest BCUT2D eigenvalue weighted by Crippen LogP contribution is -2.31. The zero-order valence-electron chi connectivity index (χ0n) is 23.0. The molecule has 2 saturated heterocycles. The number of benzene rings is 2. The number of hydrogen-bond donors (Lipinski definition) is 1. The number of likely N-dealkylation sites (N-methyl/N-ethyl adjacent to an activating group) is 1. The number of nitrogens with zero attached hydrogens (tertiary/aromatic N) is 5. The molecule has 2 aliphatic heterocycles. The smallest absolute Gasteiger partial charge is 0.319 e. The van der Waals surface area contributed by atoms with Crippen LogP contribution >= 0.6 is 0 Å². The number of aromatic nitrogens is 3. The number of ether oxygens (including phenoxy) is 2. The third-order valence-corrected chi connectivity index (χ3v) is 7.97. The molecule has 8 nitrogen and oxygen atoms in total. The zero-order chi connectivity index (χ0) is 28.7. The summed E-state index contributed by atoms with van der Waals surface area (Å²) in [6.45, 7) is 4.58. The Balaban J connectivity index is 1.51. The first kappa shape index (κ1) is 27.5. The van der Waals surface area contributed by atoms with E-state index in [9.17, 15) is 13.9 Å². The van der Waals surface area contributed by atoms with Crippen molar-refractivity contribution in [1.29, 1.82) is 0 Å². The number of aryl methyl sites for hydroxylation is 1. The van der Waals surface area contributed by atoms with E-state index in [0.717, 1.165) is 6.42 Å². The first-order valence-corrected chi connectivity index (χ1v) is 13.9. The van der Waals surface area contributed by atoms with Crippen molar-refractivity contribution in [1.82, 2.24) is 19.9 Å². The standard InChI is InChI=1S/C30H32F3N5O3/c1-3-21-24(32)6-5-17-11-20(39)13-22(25(17)21)27-26(33)28-23(14-34-27)29(38-7-4-9-40-10-8-38)36-30(35-28)41-16-19-12-18(31)15-37(19)2/h5-6,11,13-14,18-19,39H,3-4,7-10,12,15-16H2,1-2H3/t18-,19+/m1/s1. The zero-order valence-corrected chi connectivity index (χ0v) is 23.0. The van der Waals surface area contributed by atoms with Crippen molar-refractivity contribution in [2.45, 2.75) is 38.4 Å². The summed E-state index contributed by atoms with van der Waals surface area (Å²) < 4.78 is 56.9. The molecule has 41 heavy (non-hydrogen) atoms. The SMILES string of the molecule is CCc1c(F)ccc2cc(O)cc(-c3ncc4c(N5CCCOCC5)nc(OC[C@@H]5C[C@@H](F)CN5C)nc4c3F)c12. The van der Waals surface area contributed by atoms with Crippen molar-refractivity contribution < 1.29 is 27.8 Å². The fourth-order valence-corrected chi connectivity index (χ4v) is 5.88. The van der Waals surface area contributed by atoms with Gasteiger partial charge in [0.1, 0.15) is 41.4 Å². The van der Waals surface area contributed by atoms with Crippen LogP contribution in [0.1, 0.15) is 25.3 Å². The minimum absolute atomic E-state index is 0.00532. The number of fused-ring (bicyclic) bond motifs is 2. The Labute approximate surface area is 235 Å². The van der Waals surface area contributed by atoms with Gasteiger partial charge in [0.15, 0.2) is 5.82 Å². The number of hydrogen-bond acceptors (Lipinski definition) is 8. The number of halogens is 3. The van der Waals surface area contributed by atoms with Crippen LogP contribution in [0.4, 0.5) is 19.0 Å². The number of likely N-dealkylation sites (tertiary alicyclic amines) is 1. The maximum Gasteiger partial charge on any atom is 0.319 e. The highest BCUT2D eigenvalue weighted by atomic mass is 19.1. The maximum atomic E-state index is 16.5. The van der Waals surface area contributed by atoms with Gasteiger partial charge < -0.3 is 19.5 Å². The van der Waals surface area contributed by atoms with Gasteiger partial charge in [-0.15, -0.1) is 0 Å². The lowest BCUT2D eigenvalue weighted by Gasteiger charge is -2.24. The van der Waals surface area contributed by atoms with E-state index in [0.29, 0.717) is 73.2 Å². The number of phenolic OH excluding ortho intramolecular Hbond substituents is 1. The van der Waals surface area contributed by atoms with Crippen LogP contribution < -0.4 is 9.64 Å². The fraction of sp³-hybridized carbons (Fsp3) is 0.433. The molecule has 2 aromatic heterocycles. The van der Waals surface area contributed by atoms with Crippen LogP contribution in [0.2, 0.25) is 0 Å². The molecule has 4 heterocycles. The van der Waals surface area contributed by atoms with Gasteiger partial charge in [-0.05, 0) is 60.8 Å². The van der Waals surface area contributed by atoms with Crippen LogP contribution in [0.25, 0.3) is 32.9 Å². The van der Waals surface area contributed by atoms with Gasteiger partial charge in [0.25, 0.3) is 0 Å². The summed E-state index contributed by atoms with van der Waals surface area (Å²) in [5, 5.41) is 11.9. The molecule has 6 rings (SSSR count). The van der Waals surface area contributed by atoms with Gasteiger partial charge in [-0.25, -0.2) is 13.2 Å². The Kier molecular flexibility index (Phi) is 7.56. The molecule has 0 radical (unpaired) electrons. The van der Waals surface area contributed by atoms with Crippen LogP contribution in [0, 0.1) is 11.6 Å². The summed E-state index contributed by atoms with van der Waals surface area (Å²) in [6, 6.07) is 5.64. The Morgan fingerprint density at radius 1 is 1.15 bits per heavy atom. The molecule has 2 aromatic carbocycles. The van der Waals surface area contributed by atoms with E-state index >= 15 is 4.39 Å². The van der Waals surface area contributed by atoms with E-state index in [2.05, 4.69) is 15.0 Å².